The number of amides is 4. The molecule has 5 N–H and O–H groups in total. The third-order valence-electron chi connectivity index (χ3n) is 4.25. The van der Waals surface area contributed by atoms with Crippen LogP contribution in [0.4, 0.5) is 0 Å². The summed E-state index contributed by atoms with van der Waals surface area (Å²) < 4.78 is 0. The number of nitrogens with one attached hydrogen (secondary N) is 3. The predicted octanol–water partition coefficient (Wildman–Crippen LogP) is 1.23. The molecule has 0 aromatic rings. The number of nitrogens with two attached hydrogens (primary N) is 1. The molecule has 28 heavy (non-hydrogen) atoms. The molecule has 0 aromatic carbocycles. The van der Waals surface area contributed by atoms with Gasteiger partial charge in [0.25, 0.3) is 0 Å². The zero-order valence-electron chi connectivity index (χ0n) is 18.1. The van der Waals surface area contributed by atoms with Crippen LogP contribution < -0.4 is 21.7 Å². The number of hydrogen-bond acceptors (Lipinski definition) is 4. The molecule has 8 nitrogen and oxygen atoms in total. The van der Waals surface area contributed by atoms with Gasteiger partial charge in [0.2, 0.25) is 23.6 Å². The van der Waals surface area contributed by atoms with Crippen LogP contribution in [0.1, 0.15) is 73.6 Å². The van der Waals surface area contributed by atoms with E-state index in [4.69, 9.17) is 5.73 Å². The zero-order valence-corrected chi connectivity index (χ0v) is 18.1. The first kappa shape index (κ1) is 25.9. The summed E-state index contributed by atoms with van der Waals surface area (Å²) in [4.78, 5) is 48.5. The molecule has 0 saturated carbocycles. The maximum absolute atomic E-state index is 12.7. The summed E-state index contributed by atoms with van der Waals surface area (Å²) >= 11 is 0. The summed E-state index contributed by atoms with van der Waals surface area (Å²) in [5.41, 5.74) is 5.40. The van der Waals surface area contributed by atoms with E-state index < -0.39 is 35.8 Å². The van der Waals surface area contributed by atoms with Crippen molar-refractivity contribution in [1.82, 2.24) is 16.0 Å². The number of unbranched alkanes of at least 4 members (excludes halogenated alkanes) is 1. The predicted molar refractivity (Wildman–Crippen MR) is 109 cm³/mol. The van der Waals surface area contributed by atoms with Gasteiger partial charge in [0.05, 0.1) is 0 Å². The van der Waals surface area contributed by atoms with E-state index in [0.29, 0.717) is 19.3 Å². The number of primary amides is 1. The Kier molecular flexibility index (Phi) is 12.1. The second-order valence-electron chi connectivity index (χ2n) is 8.18. The van der Waals surface area contributed by atoms with Gasteiger partial charge in [-0.15, -0.1) is 0 Å². The Hall–Kier alpha value is -2.12. The number of hydrogen-bond donors (Lipinski definition) is 4. The van der Waals surface area contributed by atoms with Crippen molar-refractivity contribution in [2.75, 3.05) is 0 Å². The van der Waals surface area contributed by atoms with Gasteiger partial charge in [0.1, 0.15) is 18.1 Å². The van der Waals surface area contributed by atoms with Crippen molar-refractivity contribution in [3.63, 3.8) is 0 Å². The van der Waals surface area contributed by atoms with Crippen molar-refractivity contribution in [3.05, 3.63) is 0 Å². The van der Waals surface area contributed by atoms with Crippen molar-refractivity contribution in [3.8, 4) is 0 Å². The minimum atomic E-state index is -0.806. The van der Waals surface area contributed by atoms with Crippen LogP contribution in [-0.4, -0.2) is 41.8 Å². The summed E-state index contributed by atoms with van der Waals surface area (Å²) in [7, 11) is 0. The fourth-order valence-corrected chi connectivity index (χ4v) is 2.89. The van der Waals surface area contributed by atoms with Gasteiger partial charge in [-0.25, -0.2) is 0 Å². The van der Waals surface area contributed by atoms with E-state index in [9.17, 15) is 19.2 Å². The minimum absolute atomic E-state index is 0.142. The summed E-state index contributed by atoms with van der Waals surface area (Å²) in [6, 6.07) is -2.28. The van der Waals surface area contributed by atoms with Crippen molar-refractivity contribution >= 4 is 23.6 Å². The Morgan fingerprint density at radius 1 is 0.786 bits per heavy atom. The largest absolute Gasteiger partial charge is 0.368 e. The molecule has 0 saturated heterocycles. The summed E-state index contributed by atoms with van der Waals surface area (Å²) in [5.74, 6) is -1.41. The Morgan fingerprint density at radius 3 is 1.57 bits per heavy atom. The van der Waals surface area contributed by atoms with E-state index >= 15 is 0 Å². The van der Waals surface area contributed by atoms with Gasteiger partial charge in [-0.1, -0.05) is 47.5 Å². The van der Waals surface area contributed by atoms with E-state index in [1.807, 2.05) is 34.6 Å². The Balaban J connectivity index is 5.25. The second kappa shape index (κ2) is 13.1. The van der Waals surface area contributed by atoms with E-state index in [1.165, 1.54) is 6.92 Å². The van der Waals surface area contributed by atoms with Crippen LogP contribution in [0.3, 0.4) is 0 Å². The van der Waals surface area contributed by atoms with Crippen LogP contribution in [0.25, 0.3) is 0 Å². The van der Waals surface area contributed by atoms with Crippen LogP contribution in [0.5, 0.6) is 0 Å². The maximum Gasteiger partial charge on any atom is 0.243 e. The average molecular weight is 399 g/mol. The average Bonchev–Trinajstić information content (AvgIpc) is 2.55. The zero-order chi connectivity index (χ0) is 21.9. The van der Waals surface area contributed by atoms with E-state index in [1.54, 1.807) is 0 Å². The molecule has 0 heterocycles. The van der Waals surface area contributed by atoms with Gasteiger partial charge in [-0.3, -0.25) is 19.2 Å². The fraction of sp³-hybridized carbons (Fsp3) is 0.800. The molecular weight excluding hydrogens is 360 g/mol. The van der Waals surface area contributed by atoms with Gasteiger partial charge in [0, 0.05) is 6.92 Å². The lowest BCUT2D eigenvalue weighted by atomic mass is 9.99. The summed E-state index contributed by atoms with van der Waals surface area (Å²) in [6.07, 6.45) is 2.96. The molecule has 0 spiro atoms. The quantitative estimate of drug-likeness (QED) is 0.372. The molecule has 0 aliphatic heterocycles. The maximum atomic E-state index is 12.7. The molecular formula is C20H38N4O4. The lowest BCUT2D eigenvalue weighted by molar-refractivity contribution is -0.133. The normalized spacial score (nSPS) is 14.3. The first-order valence-electron chi connectivity index (χ1n) is 10.1. The Labute approximate surface area is 168 Å². The molecule has 0 radical (unpaired) electrons. The molecule has 0 bridgehead atoms. The Bertz CT molecular complexity index is 534. The first-order chi connectivity index (χ1) is 13.0. The number of carbonyl (C=O) groups excluding carboxylic acids is 4. The minimum Gasteiger partial charge on any atom is -0.368 e. The first-order valence-corrected chi connectivity index (χ1v) is 10.1. The van der Waals surface area contributed by atoms with Crippen LogP contribution in [0.2, 0.25) is 0 Å². The van der Waals surface area contributed by atoms with Crippen LogP contribution in [0, 0.1) is 11.8 Å². The van der Waals surface area contributed by atoms with Crippen molar-refractivity contribution in [2.45, 2.75) is 91.8 Å². The smallest absolute Gasteiger partial charge is 0.243 e. The van der Waals surface area contributed by atoms with Crippen LogP contribution >= 0.6 is 0 Å². The molecule has 8 heteroatoms. The van der Waals surface area contributed by atoms with Gasteiger partial charge in [-0.2, -0.15) is 0 Å². The molecule has 0 aliphatic carbocycles. The third kappa shape index (κ3) is 10.9. The van der Waals surface area contributed by atoms with Crippen molar-refractivity contribution in [2.24, 2.45) is 17.6 Å². The van der Waals surface area contributed by atoms with Gasteiger partial charge < -0.3 is 21.7 Å². The lowest BCUT2D eigenvalue weighted by Gasteiger charge is -2.26. The van der Waals surface area contributed by atoms with Gasteiger partial charge in [0.15, 0.2) is 0 Å². The van der Waals surface area contributed by atoms with Crippen molar-refractivity contribution < 1.29 is 19.2 Å². The number of rotatable bonds is 13. The highest BCUT2D eigenvalue weighted by atomic mass is 16.2. The lowest BCUT2D eigenvalue weighted by Crippen LogP contribution is -2.56. The van der Waals surface area contributed by atoms with Crippen LogP contribution in [-0.2, 0) is 19.2 Å². The molecule has 3 unspecified atom stereocenters. The van der Waals surface area contributed by atoms with Crippen molar-refractivity contribution in [1.29, 1.82) is 0 Å². The molecule has 0 fully saturated rings. The highest BCUT2D eigenvalue weighted by molar-refractivity contribution is 5.93. The van der Waals surface area contributed by atoms with E-state index in [-0.39, 0.29) is 17.7 Å². The summed E-state index contributed by atoms with van der Waals surface area (Å²) in [5, 5.41) is 8.05. The fourth-order valence-electron chi connectivity index (χ4n) is 2.89. The monoisotopic (exact) mass is 398 g/mol. The third-order valence-corrected chi connectivity index (χ3v) is 4.25. The van der Waals surface area contributed by atoms with Gasteiger partial charge in [-0.05, 0) is 31.1 Å². The topological polar surface area (TPSA) is 130 Å². The summed E-state index contributed by atoms with van der Waals surface area (Å²) in [6.45, 7) is 11.1. The van der Waals surface area contributed by atoms with E-state index in [0.717, 1.165) is 12.8 Å². The SMILES string of the molecule is CCCCC(NC(=O)C(CC(C)C)NC(=O)C(CC(C)C)NC(C)=O)C(N)=O. The molecule has 0 aliphatic rings. The van der Waals surface area contributed by atoms with E-state index in [2.05, 4.69) is 16.0 Å². The highest BCUT2D eigenvalue weighted by Crippen LogP contribution is 2.10. The molecule has 0 rings (SSSR count). The number of carbonyl (C=O) groups is 4. The Morgan fingerprint density at radius 2 is 1.21 bits per heavy atom. The highest BCUT2D eigenvalue weighted by Gasteiger charge is 2.29. The van der Waals surface area contributed by atoms with Crippen LogP contribution in [0.15, 0.2) is 0 Å². The van der Waals surface area contributed by atoms with Gasteiger partial charge >= 0.3 is 0 Å². The standard InChI is InChI=1S/C20H38N4O4/c1-7-8-9-15(18(21)26)23-20(28)17(11-13(4)5)24-19(27)16(10-12(2)3)22-14(6)25/h12-13,15-17H,7-11H2,1-6H3,(H2,21,26)(H,22,25)(H,23,28)(H,24,27). The second-order valence-corrected chi connectivity index (χ2v) is 8.18. The molecule has 4 amide bonds. The molecule has 162 valence electrons. The molecule has 0 aromatic heterocycles. The molecule has 3 atom stereocenters.